The third kappa shape index (κ3) is 6.81. The highest BCUT2D eigenvalue weighted by atomic mass is 16.4. The predicted molar refractivity (Wildman–Crippen MR) is 66.9 cm³/mol. The minimum Gasteiger partial charge on any atom is -0.481 e. The first-order valence-electron chi connectivity index (χ1n) is 6.15. The Bertz CT molecular complexity index is 254. The van der Waals surface area contributed by atoms with Gasteiger partial charge < -0.3 is 15.7 Å². The van der Waals surface area contributed by atoms with Crippen LogP contribution in [0.3, 0.4) is 0 Å². The summed E-state index contributed by atoms with van der Waals surface area (Å²) in [6.45, 7) is 8.06. The largest absolute Gasteiger partial charge is 0.481 e. The van der Waals surface area contributed by atoms with Crippen LogP contribution in [0.15, 0.2) is 0 Å². The number of carboxylic acid groups (broad SMARTS) is 1. The van der Waals surface area contributed by atoms with E-state index in [1.165, 1.54) is 0 Å². The standard InChI is InChI=1S/C12H24N2O3/c1-5-6-10(11(15)16)7-13-12(17)14-9(4)8(2)3/h8-10H,5-7H2,1-4H3,(H,15,16)(H2,13,14,17). The zero-order valence-corrected chi connectivity index (χ0v) is 11.1. The van der Waals surface area contributed by atoms with Crippen molar-refractivity contribution in [1.29, 1.82) is 0 Å². The quantitative estimate of drug-likeness (QED) is 0.639. The van der Waals surface area contributed by atoms with Crippen molar-refractivity contribution >= 4 is 12.0 Å². The van der Waals surface area contributed by atoms with E-state index in [1.807, 2.05) is 27.7 Å². The third-order valence-electron chi connectivity index (χ3n) is 2.85. The average molecular weight is 244 g/mol. The molecule has 0 saturated carbocycles. The van der Waals surface area contributed by atoms with Gasteiger partial charge in [0.05, 0.1) is 5.92 Å². The topological polar surface area (TPSA) is 78.4 Å². The van der Waals surface area contributed by atoms with Crippen LogP contribution >= 0.6 is 0 Å². The number of amides is 2. The molecule has 0 rings (SSSR count). The molecule has 0 aromatic carbocycles. The van der Waals surface area contributed by atoms with E-state index in [9.17, 15) is 9.59 Å². The summed E-state index contributed by atoms with van der Waals surface area (Å²) in [5.74, 6) is -1.00. The number of carboxylic acids is 1. The molecule has 0 spiro atoms. The van der Waals surface area contributed by atoms with E-state index in [2.05, 4.69) is 10.6 Å². The first kappa shape index (κ1) is 15.7. The number of carbonyl (C=O) groups excluding carboxylic acids is 1. The average Bonchev–Trinajstić information content (AvgIpc) is 2.23. The molecule has 0 heterocycles. The van der Waals surface area contributed by atoms with Gasteiger partial charge in [-0.1, -0.05) is 27.2 Å². The zero-order valence-electron chi connectivity index (χ0n) is 11.1. The van der Waals surface area contributed by atoms with Crippen molar-refractivity contribution < 1.29 is 14.7 Å². The van der Waals surface area contributed by atoms with Gasteiger partial charge in [-0.25, -0.2) is 4.79 Å². The van der Waals surface area contributed by atoms with Crippen molar-refractivity contribution in [3.05, 3.63) is 0 Å². The molecule has 2 amide bonds. The second-order valence-corrected chi connectivity index (χ2v) is 4.71. The van der Waals surface area contributed by atoms with E-state index >= 15 is 0 Å². The summed E-state index contributed by atoms with van der Waals surface area (Å²) >= 11 is 0. The van der Waals surface area contributed by atoms with Gasteiger partial charge in [0.15, 0.2) is 0 Å². The van der Waals surface area contributed by atoms with Crippen LogP contribution in [0.5, 0.6) is 0 Å². The lowest BCUT2D eigenvalue weighted by Crippen LogP contribution is -2.45. The lowest BCUT2D eigenvalue weighted by Gasteiger charge is -2.19. The fourth-order valence-electron chi connectivity index (χ4n) is 1.30. The molecule has 100 valence electrons. The molecule has 3 N–H and O–H groups in total. The summed E-state index contributed by atoms with van der Waals surface area (Å²) in [6.07, 6.45) is 1.37. The van der Waals surface area contributed by atoms with Crippen molar-refractivity contribution in [3.63, 3.8) is 0 Å². The van der Waals surface area contributed by atoms with Gasteiger partial charge in [0.1, 0.15) is 0 Å². The number of urea groups is 1. The summed E-state index contributed by atoms with van der Waals surface area (Å²) in [5, 5.41) is 14.3. The van der Waals surface area contributed by atoms with Crippen LogP contribution in [-0.2, 0) is 4.79 Å². The highest BCUT2D eigenvalue weighted by Gasteiger charge is 2.18. The minimum absolute atomic E-state index is 0.0736. The fraction of sp³-hybridized carbons (Fsp3) is 0.833. The van der Waals surface area contributed by atoms with E-state index in [0.717, 1.165) is 6.42 Å². The van der Waals surface area contributed by atoms with Crippen molar-refractivity contribution in [1.82, 2.24) is 10.6 Å². The molecule has 0 aliphatic rings. The number of aliphatic carboxylic acids is 1. The summed E-state index contributed by atoms with van der Waals surface area (Å²) in [7, 11) is 0. The monoisotopic (exact) mass is 244 g/mol. The van der Waals surface area contributed by atoms with Crippen LogP contribution < -0.4 is 10.6 Å². The van der Waals surface area contributed by atoms with Gasteiger partial charge in [-0.15, -0.1) is 0 Å². The molecule has 2 unspecified atom stereocenters. The number of hydrogen-bond donors (Lipinski definition) is 3. The molecular weight excluding hydrogens is 220 g/mol. The Morgan fingerprint density at radius 1 is 1.24 bits per heavy atom. The number of carbonyl (C=O) groups is 2. The Balaban J connectivity index is 4.00. The lowest BCUT2D eigenvalue weighted by molar-refractivity contribution is -0.141. The molecule has 0 aliphatic heterocycles. The predicted octanol–water partition coefficient (Wildman–Crippen LogP) is 1.83. The third-order valence-corrected chi connectivity index (χ3v) is 2.85. The van der Waals surface area contributed by atoms with Gasteiger partial charge in [-0.2, -0.15) is 0 Å². The normalized spacial score (nSPS) is 14.2. The Hall–Kier alpha value is -1.26. The molecule has 0 saturated heterocycles. The first-order valence-corrected chi connectivity index (χ1v) is 6.15. The molecule has 0 radical (unpaired) electrons. The Morgan fingerprint density at radius 2 is 1.82 bits per heavy atom. The van der Waals surface area contributed by atoms with Crippen molar-refractivity contribution in [2.45, 2.75) is 46.6 Å². The van der Waals surface area contributed by atoms with E-state index in [0.29, 0.717) is 12.3 Å². The molecule has 0 aromatic heterocycles. The van der Waals surface area contributed by atoms with Gasteiger partial charge in [-0.3, -0.25) is 4.79 Å². The lowest BCUT2D eigenvalue weighted by atomic mass is 10.0. The smallest absolute Gasteiger partial charge is 0.315 e. The molecule has 0 aromatic rings. The molecule has 2 atom stereocenters. The summed E-state index contributed by atoms with van der Waals surface area (Å²) < 4.78 is 0. The van der Waals surface area contributed by atoms with Crippen molar-refractivity contribution in [2.24, 2.45) is 11.8 Å². The summed E-state index contributed by atoms with van der Waals surface area (Å²) in [4.78, 5) is 22.3. The van der Waals surface area contributed by atoms with Gasteiger partial charge in [-0.05, 0) is 19.3 Å². The number of nitrogens with one attached hydrogen (secondary N) is 2. The van der Waals surface area contributed by atoms with Crippen LogP contribution in [0.2, 0.25) is 0 Å². The van der Waals surface area contributed by atoms with Gasteiger partial charge in [0.2, 0.25) is 0 Å². The second kappa shape index (κ2) is 7.92. The summed E-state index contributed by atoms with van der Waals surface area (Å²) in [6, 6.07) is -0.224. The first-order chi connectivity index (χ1) is 7.88. The molecule has 0 aliphatic carbocycles. The SMILES string of the molecule is CCCC(CNC(=O)NC(C)C(C)C)C(=O)O. The van der Waals surface area contributed by atoms with E-state index in [4.69, 9.17) is 5.11 Å². The number of rotatable bonds is 7. The molecule has 17 heavy (non-hydrogen) atoms. The van der Waals surface area contributed by atoms with E-state index in [-0.39, 0.29) is 18.6 Å². The van der Waals surface area contributed by atoms with Gasteiger partial charge in [0.25, 0.3) is 0 Å². The molecule has 0 fully saturated rings. The van der Waals surface area contributed by atoms with E-state index < -0.39 is 11.9 Å². The highest BCUT2D eigenvalue weighted by Crippen LogP contribution is 2.05. The highest BCUT2D eigenvalue weighted by molar-refractivity contribution is 5.76. The zero-order chi connectivity index (χ0) is 13.4. The van der Waals surface area contributed by atoms with Gasteiger partial charge in [0, 0.05) is 12.6 Å². The Morgan fingerprint density at radius 3 is 2.24 bits per heavy atom. The van der Waals surface area contributed by atoms with Crippen molar-refractivity contribution in [2.75, 3.05) is 6.54 Å². The summed E-state index contributed by atoms with van der Waals surface area (Å²) in [5.41, 5.74) is 0. The van der Waals surface area contributed by atoms with Crippen LogP contribution in [-0.4, -0.2) is 29.7 Å². The van der Waals surface area contributed by atoms with Crippen LogP contribution in [0, 0.1) is 11.8 Å². The van der Waals surface area contributed by atoms with Crippen molar-refractivity contribution in [3.8, 4) is 0 Å². The number of hydrogen-bond acceptors (Lipinski definition) is 2. The maximum atomic E-state index is 11.5. The molecule has 0 bridgehead atoms. The second-order valence-electron chi connectivity index (χ2n) is 4.71. The molecular formula is C12H24N2O3. The molecule has 5 heteroatoms. The van der Waals surface area contributed by atoms with Crippen LogP contribution in [0.25, 0.3) is 0 Å². The van der Waals surface area contributed by atoms with Crippen LogP contribution in [0.1, 0.15) is 40.5 Å². The van der Waals surface area contributed by atoms with Crippen LogP contribution in [0.4, 0.5) is 4.79 Å². The minimum atomic E-state index is -0.857. The fourth-order valence-corrected chi connectivity index (χ4v) is 1.30. The molecule has 5 nitrogen and oxygen atoms in total. The Labute approximate surface area is 103 Å². The Kier molecular flexibility index (Phi) is 7.34. The van der Waals surface area contributed by atoms with Gasteiger partial charge >= 0.3 is 12.0 Å². The maximum absolute atomic E-state index is 11.5. The van der Waals surface area contributed by atoms with E-state index in [1.54, 1.807) is 0 Å². The maximum Gasteiger partial charge on any atom is 0.315 e.